The van der Waals surface area contributed by atoms with Crippen molar-refractivity contribution in [1.82, 2.24) is 14.2 Å². The zero-order chi connectivity index (χ0) is 27.4. The molecule has 2 aliphatic heterocycles. The summed E-state index contributed by atoms with van der Waals surface area (Å²) in [5.74, 6) is 0.848. The molecule has 208 valence electrons. The van der Waals surface area contributed by atoms with E-state index in [1.165, 1.54) is 32.1 Å². The van der Waals surface area contributed by atoms with Gasteiger partial charge in [-0.25, -0.2) is 8.51 Å². The number of amides is 1. The van der Waals surface area contributed by atoms with Crippen LogP contribution in [0.5, 0.6) is 0 Å². The second-order valence-corrected chi connectivity index (χ2v) is 14.0. The van der Waals surface area contributed by atoms with E-state index in [2.05, 4.69) is 80.9 Å². The van der Waals surface area contributed by atoms with Crippen LogP contribution in [0.2, 0.25) is 0 Å². The zero-order valence-electron chi connectivity index (χ0n) is 24.2. The van der Waals surface area contributed by atoms with Crippen molar-refractivity contribution in [3.05, 3.63) is 40.6 Å². The lowest BCUT2D eigenvalue weighted by Crippen LogP contribution is -2.48. The number of carbonyl (C=O) groups excluding carboxylic acids is 1. The fourth-order valence-corrected chi connectivity index (χ4v) is 8.78. The summed E-state index contributed by atoms with van der Waals surface area (Å²) in [5, 5.41) is 3.15. The maximum atomic E-state index is 13.8. The maximum Gasteiger partial charge on any atom is 0.253 e. The first-order valence-corrected chi connectivity index (χ1v) is 15.6. The topological polar surface area (TPSA) is 63.6 Å². The Morgan fingerprint density at radius 2 is 1.79 bits per heavy atom. The van der Waals surface area contributed by atoms with Gasteiger partial charge in [-0.2, -0.15) is 0 Å². The highest BCUT2D eigenvalue weighted by atomic mass is 32.2. The van der Waals surface area contributed by atoms with Crippen molar-refractivity contribution >= 4 is 16.9 Å². The van der Waals surface area contributed by atoms with Gasteiger partial charge >= 0.3 is 0 Å². The van der Waals surface area contributed by atoms with Crippen molar-refractivity contribution in [1.29, 1.82) is 0 Å². The van der Waals surface area contributed by atoms with Crippen LogP contribution < -0.4 is 5.32 Å². The van der Waals surface area contributed by atoms with E-state index in [0.29, 0.717) is 19.1 Å². The van der Waals surface area contributed by atoms with Gasteiger partial charge in [0.1, 0.15) is 11.0 Å². The third-order valence-electron chi connectivity index (χ3n) is 8.82. The summed E-state index contributed by atoms with van der Waals surface area (Å²) < 4.78 is 23.6. The van der Waals surface area contributed by atoms with Gasteiger partial charge in [-0.15, -0.1) is 0 Å². The summed E-state index contributed by atoms with van der Waals surface area (Å²) in [5.41, 5.74) is 5.93. The summed E-state index contributed by atoms with van der Waals surface area (Å²) in [6.45, 7) is 17.2. The van der Waals surface area contributed by atoms with E-state index in [0.717, 1.165) is 45.1 Å². The molecule has 1 atom stereocenters. The quantitative estimate of drug-likeness (QED) is 0.451. The summed E-state index contributed by atoms with van der Waals surface area (Å²) >= 11 is 0. The van der Waals surface area contributed by atoms with Crippen molar-refractivity contribution in [2.24, 2.45) is 5.92 Å². The predicted molar refractivity (Wildman–Crippen MR) is 154 cm³/mol. The Morgan fingerprint density at radius 3 is 2.37 bits per heavy atom. The highest BCUT2D eigenvalue weighted by molar-refractivity contribution is 7.83. The third-order valence-corrected chi connectivity index (χ3v) is 10.9. The van der Waals surface area contributed by atoms with Crippen LogP contribution in [0.1, 0.15) is 107 Å². The molecule has 1 amide bonds. The summed E-state index contributed by atoms with van der Waals surface area (Å²) in [6.07, 6.45) is 6.39. The lowest BCUT2D eigenvalue weighted by atomic mass is 9.87. The van der Waals surface area contributed by atoms with E-state index < -0.39 is 11.0 Å². The van der Waals surface area contributed by atoms with Gasteiger partial charge in [-0.1, -0.05) is 33.1 Å². The second-order valence-electron chi connectivity index (χ2n) is 12.7. The first-order valence-electron chi connectivity index (χ1n) is 14.5. The molecule has 2 aromatic rings. The van der Waals surface area contributed by atoms with Crippen LogP contribution >= 0.6 is 0 Å². The van der Waals surface area contributed by atoms with E-state index in [9.17, 15) is 9.00 Å². The SMILES string of the molecule is Cc1c(C(=O)NC2COC2)cc(-c2cc(C(C)C)c3c(c2)C(C)(C)N(C(C)C)S3=O)n1CC1CCCCC1. The van der Waals surface area contributed by atoms with Crippen molar-refractivity contribution in [2.45, 2.75) is 116 Å². The maximum absolute atomic E-state index is 13.8. The lowest BCUT2D eigenvalue weighted by Gasteiger charge is -2.33. The van der Waals surface area contributed by atoms with Crippen LogP contribution in [0.3, 0.4) is 0 Å². The lowest BCUT2D eigenvalue weighted by molar-refractivity contribution is -0.00347. The molecule has 2 fully saturated rings. The Hall–Kier alpha value is -1.96. The number of nitrogens with zero attached hydrogens (tertiary/aromatic N) is 2. The molecule has 38 heavy (non-hydrogen) atoms. The average molecular weight is 540 g/mol. The zero-order valence-corrected chi connectivity index (χ0v) is 25.0. The average Bonchev–Trinajstić information content (AvgIpc) is 3.26. The van der Waals surface area contributed by atoms with E-state index in [-0.39, 0.29) is 29.4 Å². The summed E-state index contributed by atoms with van der Waals surface area (Å²) in [7, 11) is -1.20. The minimum absolute atomic E-state index is 0.0166. The van der Waals surface area contributed by atoms with Crippen molar-refractivity contribution in [3.63, 3.8) is 0 Å². The number of nitrogens with one attached hydrogen (secondary N) is 1. The predicted octanol–water partition coefficient (Wildman–Crippen LogP) is 6.28. The van der Waals surface area contributed by atoms with Crippen LogP contribution in [0.4, 0.5) is 0 Å². The fraction of sp³-hybridized carbons (Fsp3) is 0.645. The first-order chi connectivity index (χ1) is 18.0. The first kappa shape index (κ1) is 27.6. The van der Waals surface area contributed by atoms with Gasteiger partial charge in [-0.3, -0.25) is 4.79 Å². The molecule has 1 aromatic heterocycles. The number of ether oxygens (including phenoxy) is 1. The van der Waals surface area contributed by atoms with E-state index in [4.69, 9.17) is 4.74 Å². The minimum atomic E-state index is -1.20. The minimum Gasteiger partial charge on any atom is -0.377 e. The van der Waals surface area contributed by atoms with E-state index in [1.807, 2.05) is 0 Å². The number of aromatic nitrogens is 1. The monoisotopic (exact) mass is 539 g/mol. The van der Waals surface area contributed by atoms with Gasteiger partial charge in [-0.05, 0) is 94.2 Å². The number of benzene rings is 1. The van der Waals surface area contributed by atoms with Crippen molar-refractivity contribution < 1.29 is 13.7 Å². The summed E-state index contributed by atoms with van der Waals surface area (Å²) in [6, 6.07) is 6.85. The van der Waals surface area contributed by atoms with Crippen molar-refractivity contribution in [2.75, 3.05) is 13.2 Å². The number of rotatable bonds is 7. The van der Waals surface area contributed by atoms with Gasteiger partial charge in [0.15, 0.2) is 0 Å². The Labute approximate surface area is 231 Å². The highest BCUT2D eigenvalue weighted by Crippen LogP contribution is 2.48. The van der Waals surface area contributed by atoms with Crippen LogP contribution in [0.25, 0.3) is 11.3 Å². The number of fused-ring (bicyclic) bond motifs is 1. The molecule has 0 bridgehead atoms. The molecule has 3 heterocycles. The van der Waals surface area contributed by atoms with Gasteiger partial charge in [0.25, 0.3) is 5.91 Å². The Bertz CT molecular complexity index is 1240. The number of hydrogen-bond donors (Lipinski definition) is 1. The standard InChI is InChI=1S/C31H45N3O3S/c1-19(2)25-13-23(14-27-29(25)38(36)34(20(3)4)31(27,6)7)28-15-26(30(35)32-24-17-37-18-24)21(5)33(28)16-22-11-9-8-10-12-22/h13-15,19-20,22,24H,8-12,16-18H2,1-7H3,(H,32,35). The van der Waals surface area contributed by atoms with Crippen LogP contribution in [0.15, 0.2) is 23.1 Å². The molecule has 6 nitrogen and oxygen atoms in total. The van der Waals surface area contributed by atoms with Gasteiger partial charge < -0.3 is 14.6 Å². The van der Waals surface area contributed by atoms with Crippen LogP contribution in [-0.4, -0.2) is 44.3 Å². The molecule has 1 saturated heterocycles. The van der Waals surface area contributed by atoms with Gasteiger partial charge in [0.05, 0.1) is 35.3 Å². The molecule has 1 aromatic carbocycles. The number of carbonyl (C=O) groups is 1. The van der Waals surface area contributed by atoms with Gasteiger partial charge in [0, 0.05) is 24.0 Å². The molecule has 0 spiro atoms. The Kier molecular flexibility index (Phi) is 7.66. The van der Waals surface area contributed by atoms with E-state index in [1.54, 1.807) is 0 Å². The summed E-state index contributed by atoms with van der Waals surface area (Å²) in [4.78, 5) is 14.3. The highest BCUT2D eigenvalue weighted by Gasteiger charge is 2.46. The van der Waals surface area contributed by atoms with E-state index >= 15 is 0 Å². The van der Waals surface area contributed by atoms with Crippen molar-refractivity contribution in [3.8, 4) is 11.3 Å². The largest absolute Gasteiger partial charge is 0.377 e. The Morgan fingerprint density at radius 1 is 1.11 bits per heavy atom. The number of hydrogen-bond acceptors (Lipinski definition) is 3. The normalized spacial score (nSPS) is 22.2. The molecular formula is C31H45N3O3S. The molecule has 3 aliphatic rings. The Balaban J connectivity index is 1.64. The molecule has 7 heteroatoms. The smallest absolute Gasteiger partial charge is 0.253 e. The molecule has 1 N–H and O–H groups in total. The fourth-order valence-electron chi connectivity index (χ4n) is 6.70. The molecule has 1 saturated carbocycles. The second kappa shape index (κ2) is 10.5. The molecule has 5 rings (SSSR count). The molecule has 0 radical (unpaired) electrons. The molecule has 1 aliphatic carbocycles. The molecule has 1 unspecified atom stereocenters. The third kappa shape index (κ3) is 4.79. The van der Waals surface area contributed by atoms with Crippen LogP contribution in [0, 0.1) is 12.8 Å². The van der Waals surface area contributed by atoms with Crippen LogP contribution in [-0.2, 0) is 27.8 Å². The van der Waals surface area contributed by atoms with Gasteiger partial charge in [0.2, 0.25) is 0 Å². The molecular weight excluding hydrogens is 494 g/mol.